The number of amides is 1. The molecule has 1 aromatic carbocycles. The Hall–Kier alpha value is -2.07. The Morgan fingerprint density at radius 2 is 2.19 bits per heavy atom. The van der Waals surface area contributed by atoms with Crippen LogP contribution in [0.4, 0.5) is 5.69 Å². The van der Waals surface area contributed by atoms with Crippen molar-refractivity contribution < 1.29 is 4.79 Å². The Morgan fingerprint density at radius 1 is 1.33 bits per heavy atom. The van der Waals surface area contributed by atoms with Gasteiger partial charge in [0.1, 0.15) is 0 Å². The molecule has 1 heterocycles. The molecule has 21 heavy (non-hydrogen) atoms. The van der Waals surface area contributed by atoms with Crippen molar-refractivity contribution in [2.45, 2.75) is 13.3 Å². The van der Waals surface area contributed by atoms with Crippen LogP contribution in [0.5, 0.6) is 0 Å². The monoisotopic (exact) mass is 303 g/mol. The van der Waals surface area contributed by atoms with Crippen LogP contribution in [-0.4, -0.2) is 24.0 Å². The fourth-order valence-corrected chi connectivity index (χ4v) is 2.18. The van der Waals surface area contributed by atoms with E-state index in [4.69, 9.17) is 11.6 Å². The molecule has 0 saturated heterocycles. The summed E-state index contributed by atoms with van der Waals surface area (Å²) in [6, 6.07) is 9.15. The third-order valence-corrected chi connectivity index (χ3v) is 3.25. The number of hydrogen-bond acceptors (Lipinski definition) is 3. The molecule has 2 rings (SSSR count). The summed E-state index contributed by atoms with van der Waals surface area (Å²) >= 11 is 5.97. The smallest absolute Gasteiger partial charge is 0.253 e. The van der Waals surface area contributed by atoms with Crippen LogP contribution < -0.4 is 10.6 Å². The van der Waals surface area contributed by atoms with Crippen molar-refractivity contribution in [3.05, 3.63) is 58.9 Å². The number of carbonyl (C=O) groups excluding carboxylic acids is 1. The highest BCUT2D eigenvalue weighted by Crippen LogP contribution is 2.20. The molecule has 0 atom stereocenters. The van der Waals surface area contributed by atoms with Crippen molar-refractivity contribution in [2.75, 3.05) is 18.4 Å². The standard InChI is InChI=1S/C16H18ClN3O/c1-2-19-15-6-5-13(17)10-14(15)16(21)20-9-7-12-4-3-8-18-11-12/h3-6,8,10-11,19H,2,7,9H2,1H3,(H,20,21). The van der Waals surface area contributed by atoms with Gasteiger partial charge >= 0.3 is 0 Å². The van der Waals surface area contributed by atoms with Gasteiger partial charge in [-0.3, -0.25) is 9.78 Å². The Balaban J connectivity index is 1.98. The average Bonchev–Trinajstić information content (AvgIpc) is 2.50. The zero-order valence-electron chi connectivity index (χ0n) is 11.9. The predicted octanol–water partition coefficient (Wildman–Crippen LogP) is 3.14. The first kappa shape index (κ1) is 15.3. The third-order valence-electron chi connectivity index (χ3n) is 3.02. The third kappa shape index (κ3) is 4.46. The van der Waals surface area contributed by atoms with Crippen LogP contribution in [0.2, 0.25) is 5.02 Å². The highest BCUT2D eigenvalue weighted by atomic mass is 35.5. The molecule has 2 aromatic rings. The predicted molar refractivity (Wildman–Crippen MR) is 85.9 cm³/mol. The number of nitrogens with one attached hydrogen (secondary N) is 2. The average molecular weight is 304 g/mol. The number of carbonyl (C=O) groups is 1. The van der Waals surface area contributed by atoms with Gasteiger partial charge in [0, 0.05) is 36.2 Å². The van der Waals surface area contributed by atoms with E-state index in [0.717, 1.165) is 24.2 Å². The molecule has 1 amide bonds. The molecule has 0 bridgehead atoms. The van der Waals surface area contributed by atoms with E-state index in [1.165, 1.54) is 0 Å². The van der Waals surface area contributed by atoms with Crippen LogP contribution in [0, 0.1) is 0 Å². The SMILES string of the molecule is CCNc1ccc(Cl)cc1C(=O)NCCc1cccnc1. The van der Waals surface area contributed by atoms with Gasteiger partial charge in [-0.15, -0.1) is 0 Å². The van der Waals surface area contributed by atoms with E-state index in [1.807, 2.05) is 25.1 Å². The molecule has 1 aromatic heterocycles. The fourth-order valence-electron chi connectivity index (χ4n) is 2.01. The summed E-state index contributed by atoms with van der Waals surface area (Å²) in [5, 5.41) is 6.62. The molecule has 0 aliphatic heterocycles. The fraction of sp³-hybridized carbons (Fsp3) is 0.250. The first-order chi connectivity index (χ1) is 10.2. The maximum Gasteiger partial charge on any atom is 0.253 e. The second kappa shape index (κ2) is 7.64. The summed E-state index contributed by atoms with van der Waals surface area (Å²) in [7, 11) is 0. The molecule has 4 nitrogen and oxygen atoms in total. The van der Waals surface area contributed by atoms with Crippen LogP contribution in [0.25, 0.3) is 0 Å². The van der Waals surface area contributed by atoms with E-state index >= 15 is 0 Å². The number of pyridine rings is 1. The largest absolute Gasteiger partial charge is 0.385 e. The minimum atomic E-state index is -0.127. The zero-order valence-corrected chi connectivity index (χ0v) is 12.7. The van der Waals surface area contributed by atoms with Crippen LogP contribution in [0.15, 0.2) is 42.7 Å². The van der Waals surface area contributed by atoms with Crippen molar-refractivity contribution in [1.82, 2.24) is 10.3 Å². The minimum Gasteiger partial charge on any atom is -0.385 e. The molecule has 0 unspecified atom stereocenters. The summed E-state index contributed by atoms with van der Waals surface area (Å²) in [6.45, 7) is 3.29. The Bertz CT molecular complexity index is 602. The molecule has 0 radical (unpaired) electrons. The molecule has 110 valence electrons. The second-order valence-electron chi connectivity index (χ2n) is 4.59. The number of nitrogens with zero attached hydrogens (tertiary/aromatic N) is 1. The van der Waals surface area contributed by atoms with Crippen molar-refractivity contribution in [3.63, 3.8) is 0 Å². The van der Waals surface area contributed by atoms with Crippen molar-refractivity contribution in [2.24, 2.45) is 0 Å². The molecule has 2 N–H and O–H groups in total. The highest BCUT2D eigenvalue weighted by Gasteiger charge is 2.11. The summed E-state index contributed by atoms with van der Waals surface area (Å²) < 4.78 is 0. The molecule has 5 heteroatoms. The van der Waals surface area contributed by atoms with Gasteiger partial charge in [-0.2, -0.15) is 0 Å². The van der Waals surface area contributed by atoms with E-state index in [-0.39, 0.29) is 5.91 Å². The van der Waals surface area contributed by atoms with Crippen LogP contribution in [0.3, 0.4) is 0 Å². The van der Waals surface area contributed by atoms with Gasteiger partial charge in [0.2, 0.25) is 0 Å². The topological polar surface area (TPSA) is 54.0 Å². The van der Waals surface area contributed by atoms with Gasteiger partial charge in [0.05, 0.1) is 5.56 Å². The quantitative estimate of drug-likeness (QED) is 0.862. The number of halogens is 1. The summed E-state index contributed by atoms with van der Waals surface area (Å²) in [4.78, 5) is 16.3. The first-order valence-corrected chi connectivity index (χ1v) is 7.29. The molecule has 0 fully saturated rings. The molecule has 0 spiro atoms. The molecular weight excluding hydrogens is 286 g/mol. The lowest BCUT2D eigenvalue weighted by Gasteiger charge is -2.11. The second-order valence-corrected chi connectivity index (χ2v) is 5.02. The summed E-state index contributed by atoms with van der Waals surface area (Å²) in [5.74, 6) is -0.127. The first-order valence-electron chi connectivity index (χ1n) is 6.91. The van der Waals surface area contributed by atoms with Crippen molar-refractivity contribution in [1.29, 1.82) is 0 Å². The number of aromatic nitrogens is 1. The normalized spacial score (nSPS) is 10.2. The van der Waals surface area contributed by atoms with Gasteiger partial charge in [0.25, 0.3) is 5.91 Å². The van der Waals surface area contributed by atoms with E-state index in [1.54, 1.807) is 24.5 Å². The maximum absolute atomic E-state index is 12.3. The number of hydrogen-bond donors (Lipinski definition) is 2. The Labute approximate surface area is 129 Å². The summed E-state index contributed by atoms with van der Waals surface area (Å²) in [5.41, 5.74) is 2.45. The van der Waals surface area contributed by atoms with Crippen molar-refractivity contribution >= 4 is 23.2 Å². The lowest BCUT2D eigenvalue weighted by Crippen LogP contribution is -2.26. The maximum atomic E-state index is 12.3. The highest BCUT2D eigenvalue weighted by molar-refractivity contribution is 6.31. The number of anilines is 1. The van der Waals surface area contributed by atoms with Crippen molar-refractivity contribution in [3.8, 4) is 0 Å². The number of rotatable bonds is 6. The van der Waals surface area contributed by atoms with Crippen LogP contribution in [-0.2, 0) is 6.42 Å². The van der Waals surface area contributed by atoms with Gasteiger partial charge in [-0.25, -0.2) is 0 Å². The zero-order chi connectivity index (χ0) is 15.1. The van der Waals surface area contributed by atoms with Gasteiger partial charge in [-0.1, -0.05) is 17.7 Å². The van der Waals surface area contributed by atoms with Crippen LogP contribution in [0.1, 0.15) is 22.8 Å². The lowest BCUT2D eigenvalue weighted by atomic mass is 10.1. The molecule has 0 aliphatic rings. The summed E-state index contributed by atoms with van der Waals surface area (Å²) in [6.07, 6.45) is 4.28. The molecule has 0 saturated carbocycles. The van der Waals surface area contributed by atoms with E-state index in [0.29, 0.717) is 17.1 Å². The van der Waals surface area contributed by atoms with E-state index in [9.17, 15) is 4.79 Å². The van der Waals surface area contributed by atoms with E-state index < -0.39 is 0 Å². The van der Waals surface area contributed by atoms with Crippen LogP contribution >= 0.6 is 11.6 Å². The minimum absolute atomic E-state index is 0.127. The Morgan fingerprint density at radius 3 is 2.90 bits per heavy atom. The molecular formula is C16H18ClN3O. The van der Waals surface area contributed by atoms with Gasteiger partial charge < -0.3 is 10.6 Å². The Kier molecular flexibility index (Phi) is 5.58. The van der Waals surface area contributed by atoms with Gasteiger partial charge in [0.15, 0.2) is 0 Å². The number of benzene rings is 1. The molecule has 0 aliphatic carbocycles. The van der Waals surface area contributed by atoms with Gasteiger partial charge in [-0.05, 0) is 43.2 Å². The van der Waals surface area contributed by atoms with E-state index in [2.05, 4.69) is 15.6 Å². The lowest BCUT2D eigenvalue weighted by molar-refractivity contribution is 0.0955.